The fraction of sp³-hybridized carbons (Fsp3) is 0.385. The smallest absolute Gasteiger partial charge is 0.337 e. The summed E-state index contributed by atoms with van der Waals surface area (Å²) in [6.45, 7) is 2.72. The van der Waals surface area contributed by atoms with Crippen molar-refractivity contribution in [3.05, 3.63) is 28.8 Å². The predicted molar refractivity (Wildman–Crippen MR) is 75.0 cm³/mol. The van der Waals surface area contributed by atoms with E-state index in [0.717, 1.165) is 12.8 Å². The fourth-order valence-electron chi connectivity index (χ4n) is 1.48. The van der Waals surface area contributed by atoms with Gasteiger partial charge in [-0.05, 0) is 24.6 Å². The van der Waals surface area contributed by atoms with Crippen LogP contribution in [0.5, 0.6) is 0 Å². The zero-order chi connectivity index (χ0) is 14.4. The van der Waals surface area contributed by atoms with Crippen LogP contribution in [-0.2, 0) is 0 Å². The number of carboxylic acid groups (broad SMARTS) is 1. The third-order valence-electron chi connectivity index (χ3n) is 2.64. The maximum atomic E-state index is 11.8. The average molecular weight is 285 g/mol. The lowest BCUT2D eigenvalue weighted by Gasteiger charge is -2.17. The zero-order valence-electron chi connectivity index (χ0n) is 10.9. The Labute approximate surface area is 117 Å². The van der Waals surface area contributed by atoms with E-state index < -0.39 is 5.97 Å². The van der Waals surface area contributed by atoms with Gasteiger partial charge in [0.05, 0.1) is 10.6 Å². The number of nitrogens with zero attached hydrogens (tertiary/aromatic N) is 1. The van der Waals surface area contributed by atoms with Crippen molar-refractivity contribution in [2.75, 3.05) is 18.9 Å². The van der Waals surface area contributed by atoms with Crippen LogP contribution in [0.25, 0.3) is 0 Å². The molecule has 6 heteroatoms. The summed E-state index contributed by atoms with van der Waals surface area (Å²) in [4.78, 5) is 24.2. The second-order valence-electron chi connectivity index (χ2n) is 4.21. The first-order valence-electron chi connectivity index (χ1n) is 6.00. The van der Waals surface area contributed by atoms with E-state index in [2.05, 4.69) is 12.2 Å². The van der Waals surface area contributed by atoms with Crippen molar-refractivity contribution in [2.24, 2.45) is 0 Å². The van der Waals surface area contributed by atoms with E-state index in [-0.39, 0.29) is 16.6 Å². The van der Waals surface area contributed by atoms with E-state index in [1.54, 1.807) is 11.9 Å². The number of carboxylic acids is 1. The van der Waals surface area contributed by atoms with Crippen LogP contribution < -0.4 is 5.32 Å². The number of hydrogen-bond donors (Lipinski definition) is 2. The molecule has 0 atom stereocenters. The first kappa shape index (κ1) is 15.3. The van der Waals surface area contributed by atoms with E-state index in [4.69, 9.17) is 16.7 Å². The Bertz CT molecular complexity index is 477. The first-order valence-corrected chi connectivity index (χ1v) is 6.38. The van der Waals surface area contributed by atoms with Gasteiger partial charge in [0.2, 0.25) is 0 Å². The molecule has 2 N–H and O–H groups in total. The van der Waals surface area contributed by atoms with Gasteiger partial charge in [0.25, 0.3) is 0 Å². The van der Waals surface area contributed by atoms with Gasteiger partial charge in [0, 0.05) is 19.3 Å². The van der Waals surface area contributed by atoms with Crippen LogP contribution in [0, 0.1) is 0 Å². The Balaban J connectivity index is 2.70. The highest BCUT2D eigenvalue weighted by molar-refractivity contribution is 6.33. The first-order chi connectivity index (χ1) is 8.95. The van der Waals surface area contributed by atoms with E-state index in [0.29, 0.717) is 12.2 Å². The van der Waals surface area contributed by atoms with Crippen molar-refractivity contribution in [3.63, 3.8) is 0 Å². The molecule has 0 heterocycles. The zero-order valence-corrected chi connectivity index (χ0v) is 11.7. The van der Waals surface area contributed by atoms with Gasteiger partial charge < -0.3 is 15.3 Å². The molecule has 0 bridgehead atoms. The SMILES string of the molecule is CCCCN(C)C(=O)Nc1ccc(C(=O)O)c(Cl)c1. The molecular weight excluding hydrogens is 268 g/mol. The highest BCUT2D eigenvalue weighted by Crippen LogP contribution is 2.21. The molecule has 0 unspecified atom stereocenters. The molecule has 0 aliphatic rings. The van der Waals surface area contributed by atoms with E-state index in [1.165, 1.54) is 18.2 Å². The van der Waals surface area contributed by atoms with Crippen LogP contribution in [0.15, 0.2) is 18.2 Å². The quantitative estimate of drug-likeness (QED) is 0.871. The number of halogens is 1. The minimum absolute atomic E-state index is 0.0130. The van der Waals surface area contributed by atoms with Crippen molar-refractivity contribution in [1.82, 2.24) is 4.90 Å². The number of aromatic carboxylic acids is 1. The minimum Gasteiger partial charge on any atom is -0.478 e. The van der Waals surface area contributed by atoms with E-state index in [9.17, 15) is 9.59 Å². The van der Waals surface area contributed by atoms with Crippen LogP contribution >= 0.6 is 11.6 Å². The number of nitrogens with one attached hydrogen (secondary N) is 1. The highest BCUT2D eigenvalue weighted by Gasteiger charge is 2.12. The second kappa shape index (κ2) is 6.99. The normalized spacial score (nSPS) is 10.1. The van der Waals surface area contributed by atoms with Crippen LogP contribution in [0.1, 0.15) is 30.1 Å². The molecular formula is C13H17ClN2O3. The number of carbonyl (C=O) groups excluding carboxylic acids is 1. The Morgan fingerprint density at radius 3 is 2.63 bits per heavy atom. The molecule has 1 aromatic carbocycles. The number of unbranched alkanes of at least 4 members (excludes halogenated alkanes) is 1. The van der Waals surface area contributed by atoms with Crippen LogP contribution in [0.2, 0.25) is 5.02 Å². The summed E-state index contributed by atoms with van der Waals surface area (Å²) in [6, 6.07) is 4.07. The van der Waals surface area contributed by atoms with Crippen molar-refractivity contribution in [1.29, 1.82) is 0 Å². The van der Waals surface area contributed by atoms with Gasteiger partial charge in [-0.15, -0.1) is 0 Å². The minimum atomic E-state index is -1.09. The molecule has 0 aliphatic heterocycles. The molecule has 1 aromatic rings. The number of amides is 2. The Kier molecular flexibility index (Phi) is 5.63. The topological polar surface area (TPSA) is 69.6 Å². The molecule has 0 saturated carbocycles. The molecule has 2 amide bonds. The summed E-state index contributed by atoms with van der Waals surface area (Å²) in [7, 11) is 1.71. The fourth-order valence-corrected chi connectivity index (χ4v) is 1.74. The number of anilines is 1. The van der Waals surface area contributed by atoms with Gasteiger partial charge >= 0.3 is 12.0 Å². The van der Waals surface area contributed by atoms with Crippen LogP contribution in [0.4, 0.5) is 10.5 Å². The van der Waals surface area contributed by atoms with Crippen molar-refractivity contribution in [3.8, 4) is 0 Å². The molecule has 1 rings (SSSR count). The number of hydrogen-bond acceptors (Lipinski definition) is 2. The maximum absolute atomic E-state index is 11.8. The molecule has 0 fully saturated rings. The lowest BCUT2D eigenvalue weighted by atomic mass is 10.2. The second-order valence-corrected chi connectivity index (χ2v) is 4.61. The largest absolute Gasteiger partial charge is 0.478 e. The number of rotatable bonds is 5. The molecule has 0 radical (unpaired) electrons. The van der Waals surface area contributed by atoms with Crippen LogP contribution in [-0.4, -0.2) is 35.6 Å². The van der Waals surface area contributed by atoms with Gasteiger partial charge in [-0.1, -0.05) is 24.9 Å². The van der Waals surface area contributed by atoms with Gasteiger partial charge in [0.15, 0.2) is 0 Å². The molecule has 5 nitrogen and oxygen atoms in total. The molecule has 0 aromatic heterocycles. The summed E-state index contributed by atoms with van der Waals surface area (Å²) in [6.07, 6.45) is 1.94. The van der Waals surface area contributed by atoms with E-state index in [1.807, 2.05) is 0 Å². The number of urea groups is 1. The Hall–Kier alpha value is -1.75. The van der Waals surface area contributed by atoms with Crippen molar-refractivity contribution in [2.45, 2.75) is 19.8 Å². The summed E-state index contributed by atoms with van der Waals surface area (Å²) in [5.74, 6) is -1.09. The number of carbonyl (C=O) groups is 2. The standard InChI is InChI=1S/C13H17ClN2O3/c1-3-4-7-16(2)13(19)15-9-5-6-10(12(17)18)11(14)8-9/h5-6,8H,3-4,7H2,1-2H3,(H,15,19)(H,17,18). The summed E-state index contributed by atoms with van der Waals surface area (Å²) in [5.41, 5.74) is 0.488. The molecule has 0 spiro atoms. The Morgan fingerprint density at radius 1 is 1.42 bits per heavy atom. The average Bonchev–Trinajstić information content (AvgIpc) is 2.35. The van der Waals surface area contributed by atoms with Gasteiger partial charge in [-0.25, -0.2) is 9.59 Å². The maximum Gasteiger partial charge on any atom is 0.337 e. The number of benzene rings is 1. The Morgan fingerprint density at radius 2 is 2.11 bits per heavy atom. The monoisotopic (exact) mass is 284 g/mol. The predicted octanol–water partition coefficient (Wildman–Crippen LogP) is 3.30. The highest BCUT2D eigenvalue weighted by atomic mass is 35.5. The molecule has 104 valence electrons. The van der Waals surface area contributed by atoms with Crippen molar-refractivity contribution >= 4 is 29.3 Å². The lowest BCUT2D eigenvalue weighted by molar-refractivity contribution is 0.0697. The van der Waals surface area contributed by atoms with Crippen molar-refractivity contribution < 1.29 is 14.7 Å². The summed E-state index contributed by atoms with van der Waals surface area (Å²) < 4.78 is 0. The van der Waals surface area contributed by atoms with Gasteiger partial charge in [-0.2, -0.15) is 0 Å². The molecule has 19 heavy (non-hydrogen) atoms. The van der Waals surface area contributed by atoms with E-state index >= 15 is 0 Å². The van der Waals surface area contributed by atoms with Gasteiger partial charge in [0.1, 0.15) is 0 Å². The van der Waals surface area contributed by atoms with Crippen LogP contribution in [0.3, 0.4) is 0 Å². The summed E-state index contributed by atoms with van der Waals surface area (Å²) in [5, 5.41) is 11.6. The molecule has 0 saturated heterocycles. The third-order valence-corrected chi connectivity index (χ3v) is 2.96. The summed E-state index contributed by atoms with van der Waals surface area (Å²) >= 11 is 5.83. The van der Waals surface area contributed by atoms with Gasteiger partial charge in [-0.3, -0.25) is 0 Å². The molecule has 0 aliphatic carbocycles. The third kappa shape index (κ3) is 4.44. The lowest BCUT2D eigenvalue weighted by Crippen LogP contribution is -2.32.